The van der Waals surface area contributed by atoms with E-state index in [9.17, 15) is 4.39 Å². The second kappa shape index (κ2) is 8.87. The molecular weight excluding hydrogens is 382 g/mol. The quantitative estimate of drug-likeness (QED) is 0.636. The topological polar surface area (TPSA) is 59.5 Å². The van der Waals surface area contributed by atoms with Crippen molar-refractivity contribution in [1.82, 2.24) is 14.9 Å². The summed E-state index contributed by atoms with van der Waals surface area (Å²) in [5.74, 6) is 1.78. The molecule has 0 aliphatic carbocycles. The van der Waals surface area contributed by atoms with Crippen molar-refractivity contribution in [1.29, 1.82) is 0 Å². The maximum atomic E-state index is 14.2. The van der Waals surface area contributed by atoms with E-state index >= 15 is 0 Å². The van der Waals surface area contributed by atoms with Gasteiger partial charge in [0.2, 0.25) is 0 Å². The summed E-state index contributed by atoms with van der Waals surface area (Å²) in [5, 5.41) is 3.72. The van der Waals surface area contributed by atoms with E-state index in [0.717, 1.165) is 25.9 Å². The van der Waals surface area contributed by atoms with Crippen LogP contribution in [0, 0.1) is 11.7 Å². The van der Waals surface area contributed by atoms with E-state index < -0.39 is 5.82 Å². The zero-order chi connectivity index (χ0) is 21.1. The molecule has 30 heavy (non-hydrogen) atoms. The molecule has 1 fully saturated rings. The largest absolute Gasteiger partial charge is 0.493 e. The number of halogens is 1. The first-order valence-electron chi connectivity index (χ1n) is 9.99. The van der Waals surface area contributed by atoms with Gasteiger partial charge in [-0.05, 0) is 57.1 Å². The Morgan fingerprint density at radius 1 is 1.17 bits per heavy atom. The predicted molar refractivity (Wildman–Crippen MR) is 117 cm³/mol. The monoisotopic (exact) mass is 406 g/mol. The highest BCUT2D eigenvalue weighted by Crippen LogP contribution is 2.35. The van der Waals surface area contributed by atoms with Gasteiger partial charge in [-0.3, -0.25) is 0 Å². The zero-order valence-corrected chi connectivity index (χ0v) is 17.2. The molecule has 4 rings (SSSR count). The first kappa shape index (κ1) is 20.4. The highest BCUT2D eigenvalue weighted by atomic mass is 19.1. The minimum Gasteiger partial charge on any atom is -0.493 e. The Balaban J connectivity index is 1.58. The molecule has 0 amide bonds. The van der Waals surface area contributed by atoms with Crippen LogP contribution in [-0.2, 0) is 0 Å². The molecule has 0 unspecified atom stereocenters. The van der Waals surface area contributed by atoms with Gasteiger partial charge in [0, 0.05) is 11.5 Å². The Hall–Kier alpha value is -2.87. The van der Waals surface area contributed by atoms with Crippen molar-refractivity contribution in [3.63, 3.8) is 0 Å². The number of rotatable bonds is 6. The molecule has 1 aliphatic rings. The van der Waals surface area contributed by atoms with E-state index in [4.69, 9.17) is 17.3 Å². The number of fused-ring (bicyclic) bond motifs is 1. The van der Waals surface area contributed by atoms with Crippen LogP contribution in [0.5, 0.6) is 11.5 Å². The summed E-state index contributed by atoms with van der Waals surface area (Å²) < 4.78 is 25.9. The lowest BCUT2D eigenvalue weighted by Gasteiger charge is -2.28. The molecule has 1 saturated heterocycles. The van der Waals surface area contributed by atoms with Crippen LogP contribution in [0.2, 0.25) is 0 Å². The number of hydrogen-bond acceptors (Lipinski definition) is 6. The fraction of sp³-hybridized carbons (Fsp3) is 0.364. The fourth-order valence-corrected chi connectivity index (χ4v) is 3.63. The van der Waals surface area contributed by atoms with Crippen LogP contribution in [-0.4, -0.2) is 56.6 Å². The number of hydrogen-bond donors (Lipinski definition) is 1. The second-order valence-corrected chi connectivity index (χ2v) is 7.66. The Bertz CT molecular complexity index is 1040. The maximum absolute atomic E-state index is 14.2. The van der Waals surface area contributed by atoms with Gasteiger partial charge in [-0.15, -0.1) is 0 Å². The van der Waals surface area contributed by atoms with Crippen molar-refractivity contribution >= 4 is 35.7 Å². The molecule has 0 atom stereocenters. The average molecular weight is 406 g/mol. The third-order valence-corrected chi connectivity index (χ3v) is 5.48. The molecule has 2 radical (unpaired) electrons. The fourth-order valence-electron chi connectivity index (χ4n) is 3.63. The van der Waals surface area contributed by atoms with Crippen LogP contribution in [0.3, 0.4) is 0 Å². The minimum absolute atomic E-state index is 0.283. The van der Waals surface area contributed by atoms with Gasteiger partial charge in [0.25, 0.3) is 0 Å². The summed E-state index contributed by atoms with van der Waals surface area (Å²) in [6, 6.07) is 8.13. The molecule has 3 aromatic rings. The summed E-state index contributed by atoms with van der Waals surface area (Å²) in [6.07, 6.45) is 3.68. The molecule has 0 bridgehead atoms. The highest BCUT2D eigenvalue weighted by molar-refractivity contribution is 6.32. The lowest BCUT2D eigenvalue weighted by molar-refractivity contribution is 0.157. The Kier molecular flexibility index (Phi) is 6.04. The van der Waals surface area contributed by atoms with E-state index in [1.807, 2.05) is 12.1 Å². The molecule has 2 heterocycles. The van der Waals surface area contributed by atoms with Crippen LogP contribution < -0.4 is 20.3 Å². The zero-order valence-electron chi connectivity index (χ0n) is 17.2. The summed E-state index contributed by atoms with van der Waals surface area (Å²) >= 11 is 0. The summed E-state index contributed by atoms with van der Waals surface area (Å²) in [4.78, 5) is 11.0. The highest BCUT2D eigenvalue weighted by Gasteiger charge is 2.19. The lowest BCUT2D eigenvalue weighted by Crippen LogP contribution is -2.32. The molecule has 0 saturated carbocycles. The molecule has 1 aliphatic heterocycles. The maximum Gasteiger partial charge on any atom is 0.163 e. The van der Waals surface area contributed by atoms with Gasteiger partial charge in [0.05, 0.1) is 24.9 Å². The Morgan fingerprint density at radius 2 is 1.97 bits per heavy atom. The molecule has 154 valence electrons. The van der Waals surface area contributed by atoms with Crippen LogP contribution in [0.4, 0.5) is 15.9 Å². The standard InChI is InChI=1S/C22H24BFN4O2/c1-28-7-5-14(6-8-28)12-30-21-11-19-16(10-20(21)29-2)22(26-13-25-19)27-18-4-3-15(23)9-17(18)24/h3-4,9-11,13-14H,5-8,12H2,1-2H3,(H,25,26,27). The first-order chi connectivity index (χ1) is 14.5. The van der Waals surface area contributed by atoms with E-state index in [-0.39, 0.29) is 5.69 Å². The van der Waals surface area contributed by atoms with Crippen molar-refractivity contribution < 1.29 is 13.9 Å². The minimum atomic E-state index is -0.452. The summed E-state index contributed by atoms with van der Waals surface area (Å²) in [7, 11) is 9.37. The smallest absolute Gasteiger partial charge is 0.163 e. The van der Waals surface area contributed by atoms with E-state index in [2.05, 4.69) is 27.2 Å². The van der Waals surface area contributed by atoms with Crippen molar-refractivity contribution in [3.8, 4) is 11.5 Å². The number of methoxy groups -OCH3 is 1. The van der Waals surface area contributed by atoms with Gasteiger partial charge < -0.3 is 19.7 Å². The van der Waals surface area contributed by atoms with E-state index in [1.165, 1.54) is 12.4 Å². The molecule has 1 aromatic heterocycles. The van der Waals surface area contributed by atoms with Crippen LogP contribution in [0.1, 0.15) is 12.8 Å². The van der Waals surface area contributed by atoms with Gasteiger partial charge >= 0.3 is 0 Å². The van der Waals surface area contributed by atoms with Crippen LogP contribution >= 0.6 is 0 Å². The summed E-state index contributed by atoms with van der Waals surface area (Å²) in [5.41, 5.74) is 1.33. The van der Waals surface area contributed by atoms with Crippen LogP contribution in [0.15, 0.2) is 36.7 Å². The van der Waals surface area contributed by atoms with Gasteiger partial charge in [-0.25, -0.2) is 14.4 Å². The molecular formula is C22H24BFN4O2. The predicted octanol–water partition coefficient (Wildman–Crippen LogP) is 3.04. The SMILES string of the molecule is [B]c1ccc(Nc2ncnc3cc(OCC4CCN(C)CC4)c(OC)cc23)c(F)c1. The van der Waals surface area contributed by atoms with Gasteiger partial charge in [0.15, 0.2) is 11.5 Å². The van der Waals surface area contributed by atoms with E-state index in [0.29, 0.717) is 46.2 Å². The number of nitrogens with zero attached hydrogens (tertiary/aromatic N) is 3. The average Bonchev–Trinajstić information content (AvgIpc) is 2.75. The first-order valence-corrected chi connectivity index (χ1v) is 9.99. The second-order valence-electron chi connectivity index (χ2n) is 7.66. The molecule has 6 nitrogen and oxygen atoms in total. The normalized spacial score (nSPS) is 15.3. The van der Waals surface area contributed by atoms with Crippen LogP contribution in [0.25, 0.3) is 10.9 Å². The third-order valence-electron chi connectivity index (χ3n) is 5.48. The van der Waals surface area contributed by atoms with Gasteiger partial charge in [0.1, 0.15) is 25.8 Å². The number of aromatic nitrogens is 2. The van der Waals surface area contributed by atoms with Crippen molar-refractivity contribution in [3.05, 3.63) is 42.5 Å². The van der Waals surface area contributed by atoms with Gasteiger partial charge in [-0.2, -0.15) is 0 Å². The number of ether oxygens (including phenoxy) is 2. The Morgan fingerprint density at radius 3 is 2.70 bits per heavy atom. The molecule has 0 spiro atoms. The lowest BCUT2D eigenvalue weighted by atomic mass is 9.96. The number of piperidine rings is 1. The number of nitrogens with one attached hydrogen (secondary N) is 1. The number of anilines is 2. The molecule has 1 N–H and O–H groups in total. The van der Waals surface area contributed by atoms with Crippen molar-refractivity contribution in [2.45, 2.75) is 12.8 Å². The number of benzene rings is 2. The summed E-state index contributed by atoms with van der Waals surface area (Å²) in [6.45, 7) is 2.82. The number of likely N-dealkylation sites (tertiary alicyclic amines) is 1. The molecule has 2 aromatic carbocycles. The van der Waals surface area contributed by atoms with E-state index in [1.54, 1.807) is 19.2 Å². The third kappa shape index (κ3) is 4.49. The molecule has 8 heteroatoms. The van der Waals surface area contributed by atoms with Crippen molar-refractivity contribution in [2.75, 3.05) is 39.2 Å². The Labute approximate surface area is 176 Å². The van der Waals surface area contributed by atoms with Crippen molar-refractivity contribution in [2.24, 2.45) is 5.92 Å². The van der Waals surface area contributed by atoms with Gasteiger partial charge in [-0.1, -0.05) is 11.5 Å².